The molecule has 0 aliphatic rings. The smallest absolute Gasteiger partial charge is 0.158 e. The van der Waals surface area contributed by atoms with Crippen LogP contribution in [0.2, 0.25) is 0 Å². The van der Waals surface area contributed by atoms with Gasteiger partial charge in [0.1, 0.15) is 22.1 Å². The predicted octanol–water partition coefficient (Wildman–Crippen LogP) is 0.946. The van der Waals surface area contributed by atoms with Crippen LogP contribution in [0.1, 0.15) is 5.56 Å². The van der Waals surface area contributed by atoms with E-state index in [-0.39, 0.29) is 0 Å². The number of hydrogen-bond acceptors (Lipinski definition) is 4. The lowest BCUT2D eigenvalue weighted by Crippen LogP contribution is -2.02. The molecule has 2 heterocycles. The molecule has 0 unspecified atom stereocenters. The van der Waals surface area contributed by atoms with Crippen molar-refractivity contribution in [3.05, 3.63) is 22.4 Å². The van der Waals surface area contributed by atoms with Crippen LogP contribution in [0.5, 0.6) is 0 Å². The molecular weight excluding hydrogens is 234 g/mol. The number of nitriles is 1. The Kier molecular flexibility index (Phi) is 1.67. The highest BCUT2D eigenvalue weighted by Crippen LogP contribution is 2.15. The van der Waals surface area contributed by atoms with E-state index in [9.17, 15) is 0 Å². The number of hydrogen-bond donors (Lipinski definition) is 1. The molecule has 2 rings (SSSR count). The fourth-order valence-electron chi connectivity index (χ4n) is 1.01. The van der Waals surface area contributed by atoms with Gasteiger partial charge in [-0.05, 0) is 15.9 Å². The van der Waals surface area contributed by atoms with E-state index in [1.165, 1.54) is 10.7 Å². The Morgan fingerprint density at radius 2 is 2.38 bits per heavy atom. The summed E-state index contributed by atoms with van der Waals surface area (Å²) in [6.45, 7) is 0. The molecule has 0 bridgehead atoms. The molecule has 0 fully saturated rings. The highest BCUT2D eigenvalue weighted by atomic mass is 79.9. The molecule has 64 valence electrons. The van der Waals surface area contributed by atoms with Crippen LogP contribution in [-0.4, -0.2) is 14.6 Å². The van der Waals surface area contributed by atoms with Crippen molar-refractivity contribution in [1.29, 1.82) is 5.26 Å². The minimum Gasteiger partial charge on any atom is -0.382 e. The maximum Gasteiger partial charge on any atom is 0.158 e. The van der Waals surface area contributed by atoms with Gasteiger partial charge in [0.25, 0.3) is 0 Å². The first-order valence-electron chi connectivity index (χ1n) is 3.42. The molecule has 5 nitrogen and oxygen atoms in total. The van der Waals surface area contributed by atoms with Crippen molar-refractivity contribution >= 4 is 27.4 Å². The first-order valence-corrected chi connectivity index (χ1v) is 4.21. The number of nitrogen functional groups attached to an aromatic ring is 1. The number of fused-ring (bicyclic) bond motifs is 1. The lowest BCUT2D eigenvalue weighted by atomic mass is 10.3. The number of halogens is 1. The summed E-state index contributed by atoms with van der Waals surface area (Å²) in [4.78, 5) is 4.00. The first kappa shape index (κ1) is 8.01. The van der Waals surface area contributed by atoms with Crippen molar-refractivity contribution in [2.24, 2.45) is 0 Å². The molecule has 2 N–H and O–H groups in total. The van der Waals surface area contributed by atoms with Crippen LogP contribution in [0, 0.1) is 11.3 Å². The second kappa shape index (κ2) is 2.71. The molecule has 0 saturated heterocycles. The van der Waals surface area contributed by atoms with Gasteiger partial charge in [-0.25, -0.2) is 4.98 Å². The number of nitrogens with two attached hydrogens (primary N) is 1. The van der Waals surface area contributed by atoms with Gasteiger partial charge in [0.05, 0.1) is 6.20 Å². The molecule has 0 atom stereocenters. The predicted molar refractivity (Wildman–Crippen MR) is 49.8 cm³/mol. The number of aromatic nitrogens is 3. The quantitative estimate of drug-likeness (QED) is 0.740. The average molecular weight is 238 g/mol. The monoisotopic (exact) mass is 237 g/mol. The summed E-state index contributed by atoms with van der Waals surface area (Å²) < 4.78 is 2.06. The lowest BCUT2D eigenvalue weighted by molar-refractivity contribution is 0.936. The second-order valence-electron chi connectivity index (χ2n) is 2.41. The van der Waals surface area contributed by atoms with Gasteiger partial charge in [0.15, 0.2) is 5.65 Å². The Labute approximate surface area is 81.9 Å². The largest absolute Gasteiger partial charge is 0.382 e. The third-order valence-electron chi connectivity index (χ3n) is 1.61. The summed E-state index contributed by atoms with van der Waals surface area (Å²) in [7, 11) is 0. The Hall–Kier alpha value is -1.61. The summed E-state index contributed by atoms with van der Waals surface area (Å²) in [6, 6.07) is 3.65. The molecule has 13 heavy (non-hydrogen) atoms. The fourth-order valence-corrected chi connectivity index (χ4v) is 1.37. The van der Waals surface area contributed by atoms with Gasteiger partial charge >= 0.3 is 0 Å². The fraction of sp³-hybridized carbons (Fsp3) is 0. The maximum atomic E-state index is 8.66. The maximum absolute atomic E-state index is 8.66. The molecule has 0 spiro atoms. The van der Waals surface area contributed by atoms with Gasteiger partial charge in [0.2, 0.25) is 0 Å². The van der Waals surface area contributed by atoms with E-state index in [2.05, 4.69) is 26.0 Å². The Balaban J connectivity index is 2.87. The average Bonchev–Trinajstić information content (AvgIpc) is 2.47. The minimum absolute atomic E-state index is 0.304. The highest BCUT2D eigenvalue weighted by molar-refractivity contribution is 9.10. The molecule has 0 aliphatic heterocycles. The highest BCUT2D eigenvalue weighted by Gasteiger charge is 2.06. The van der Waals surface area contributed by atoms with E-state index in [1.807, 2.05) is 6.07 Å². The Bertz CT molecular complexity index is 509. The van der Waals surface area contributed by atoms with Gasteiger partial charge in [-0.2, -0.15) is 14.9 Å². The summed E-state index contributed by atoms with van der Waals surface area (Å²) in [5, 5.41) is 12.7. The summed E-state index contributed by atoms with van der Waals surface area (Å²) >= 11 is 3.19. The van der Waals surface area contributed by atoms with Crippen LogP contribution in [0.4, 0.5) is 5.82 Å². The molecule has 0 amide bonds. The van der Waals surface area contributed by atoms with Crippen molar-refractivity contribution < 1.29 is 0 Å². The van der Waals surface area contributed by atoms with E-state index >= 15 is 0 Å². The minimum atomic E-state index is 0.304. The summed E-state index contributed by atoms with van der Waals surface area (Å²) in [6.07, 6.45) is 1.43. The van der Waals surface area contributed by atoms with Crippen molar-refractivity contribution in [3.63, 3.8) is 0 Å². The van der Waals surface area contributed by atoms with Crippen molar-refractivity contribution in [3.8, 4) is 6.07 Å². The van der Waals surface area contributed by atoms with Gasteiger partial charge < -0.3 is 5.73 Å². The van der Waals surface area contributed by atoms with Crippen molar-refractivity contribution in [2.75, 3.05) is 5.73 Å². The first-order chi connectivity index (χ1) is 6.22. The van der Waals surface area contributed by atoms with Gasteiger partial charge in [-0.15, -0.1) is 0 Å². The third-order valence-corrected chi connectivity index (χ3v) is 2.00. The van der Waals surface area contributed by atoms with E-state index < -0.39 is 0 Å². The molecule has 0 radical (unpaired) electrons. The Morgan fingerprint density at radius 1 is 1.62 bits per heavy atom. The van der Waals surface area contributed by atoms with Crippen LogP contribution < -0.4 is 5.73 Å². The molecule has 0 aromatic carbocycles. The van der Waals surface area contributed by atoms with Crippen LogP contribution in [-0.2, 0) is 0 Å². The third kappa shape index (κ3) is 1.13. The zero-order valence-electron chi connectivity index (χ0n) is 6.40. The molecule has 2 aromatic heterocycles. The molecule has 0 aliphatic carbocycles. The number of anilines is 1. The van der Waals surface area contributed by atoms with Gasteiger partial charge in [-0.3, -0.25) is 0 Å². The van der Waals surface area contributed by atoms with E-state index in [0.29, 0.717) is 21.6 Å². The van der Waals surface area contributed by atoms with Crippen LogP contribution in [0.15, 0.2) is 16.9 Å². The normalized spacial score (nSPS) is 10.2. The molecule has 0 saturated carbocycles. The molecule has 6 heteroatoms. The van der Waals surface area contributed by atoms with E-state index in [0.717, 1.165) is 0 Å². The standard InChI is InChI=1S/C7H4BrN5/c8-5-1-6-11-3-4(2-9)7(10)13(6)12-5/h1,3H,10H2. The van der Waals surface area contributed by atoms with Crippen LogP contribution in [0.25, 0.3) is 5.65 Å². The second-order valence-corrected chi connectivity index (χ2v) is 3.22. The van der Waals surface area contributed by atoms with Crippen LogP contribution >= 0.6 is 15.9 Å². The van der Waals surface area contributed by atoms with Crippen LogP contribution in [0.3, 0.4) is 0 Å². The van der Waals surface area contributed by atoms with E-state index in [4.69, 9.17) is 11.0 Å². The van der Waals surface area contributed by atoms with Gasteiger partial charge in [0, 0.05) is 6.07 Å². The van der Waals surface area contributed by atoms with Crippen molar-refractivity contribution in [1.82, 2.24) is 14.6 Å². The van der Waals surface area contributed by atoms with E-state index in [1.54, 1.807) is 6.07 Å². The number of nitrogens with zero attached hydrogens (tertiary/aromatic N) is 4. The molecule has 2 aromatic rings. The van der Waals surface area contributed by atoms with Crippen molar-refractivity contribution in [2.45, 2.75) is 0 Å². The zero-order chi connectivity index (χ0) is 9.42. The van der Waals surface area contributed by atoms with Gasteiger partial charge in [-0.1, -0.05) is 0 Å². The zero-order valence-corrected chi connectivity index (χ0v) is 7.98. The Morgan fingerprint density at radius 3 is 3.08 bits per heavy atom. The summed E-state index contributed by atoms with van der Waals surface area (Å²) in [5.41, 5.74) is 6.60. The number of rotatable bonds is 0. The SMILES string of the molecule is N#Cc1cnc2cc(Br)nn2c1N. The lowest BCUT2D eigenvalue weighted by Gasteiger charge is -1.98. The topological polar surface area (TPSA) is 80.0 Å². The summed E-state index contributed by atoms with van der Waals surface area (Å²) in [5.74, 6) is 0.304. The molecular formula is C7H4BrN5.